The van der Waals surface area contributed by atoms with Crippen molar-refractivity contribution in [1.82, 2.24) is 4.90 Å². The molecule has 5 rings (SSSR count). The second-order valence-electron chi connectivity index (χ2n) is 11.4. The van der Waals surface area contributed by atoms with Gasteiger partial charge in [-0.2, -0.15) is 26.3 Å². The molecule has 0 radical (unpaired) electrons. The number of carbonyl (C=O) groups excluding carboxylic acids is 1. The first-order chi connectivity index (χ1) is 18.4. The maximum atomic E-state index is 13.8. The molecule has 3 heterocycles. The molecule has 5 nitrogen and oxygen atoms in total. The molecule has 3 aliphatic heterocycles. The topological polar surface area (TPSA) is 48.0 Å². The number of nitrogens with zero attached hydrogens (tertiary/aromatic N) is 1. The highest BCUT2D eigenvalue weighted by molar-refractivity contribution is 6.62. The number of ether oxygens (including phenoxy) is 1. The number of carbonyl (C=O) groups is 1. The van der Waals surface area contributed by atoms with E-state index in [0.717, 1.165) is 18.2 Å². The summed E-state index contributed by atoms with van der Waals surface area (Å²) >= 11 is 0. The van der Waals surface area contributed by atoms with Crippen LogP contribution in [0.25, 0.3) is 0 Å². The molecule has 0 aliphatic carbocycles. The minimum Gasteiger partial charge on any atom is -0.439 e. The van der Waals surface area contributed by atoms with Crippen molar-refractivity contribution >= 4 is 18.7 Å². The van der Waals surface area contributed by atoms with E-state index in [1.807, 2.05) is 0 Å². The Hall–Kier alpha value is -2.80. The summed E-state index contributed by atoms with van der Waals surface area (Å²) in [6.07, 6.45) is -11.0. The SMILES string of the molecule is CC1(C)OB(c2ccc(C(F)(F)F)cc2[C@@H]2CC[C@H]3[C@@H](c4cc(CF)cc(C(F)(F)F)c4)OC(=O)N23)OC1(C)C. The van der Waals surface area contributed by atoms with Gasteiger partial charge in [-0.1, -0.05) is 12.1 Å². The summed E-state index contributed by atoms with van der Waals surface area (Å²) in [5.74, 6) is 0. The van der Waals surface area contributed by atoms with Crippen molar-refractivity contribution in [1.29, 1.82) is 0 Å². The Bertz CT molecular complexity index is 1310. The molecule has 0 unspecified atom stereocenters. The van der Waals surface area contributed by atoms with Gasteiger partial charge in [0.15, 0.2) is 0 Å². The first kappa shape index (κ1) is 28.7. The van der Waals surface area contributed by atoms with E-state index < -0.39 is 72.8 Å². The molecule has 2 aromatic rings. The molecule has 0 saturated carbocycles. The quantitative estimate of drug-likeness (QED) is 0.296. The first-order valence-corrected chi connectivity index (χ1v) is 12.8. The number of benzene rings is 2. The number of halogens is 7. The molecule has 13 heteroatoms. The lowest BCUT2D eigenvalue weighted by Crippen LogP contribution is -2.41. The highest BCUT2D eigenvalue weighted by Gasteiger charge is 2.55. The van der Waals surface area contributed by atoms with Gasteiger partial charge in [0.05, 0.1) is 34.4 Å². The smallest absolute Gasteiger partial charge is 0.439 e. The van der Waals surface area contributed by atoms with E-state index in [0.29, 0.717) is 11.5 Å². The van der Waals surface area contributed by atoms with E-state index in [9.17, 15) is 35.5 Å². The van der Waals surface area contributed by atoms with Crippen LogP contribution in [0.15, 0.2) is 36.4 Å². The molecule has 40 heavy (non-hydrogen) atoms. The van der Waals surface area contributed by atoms with Crippen molar-refractivity contribution in [2.75, 3.05) is 0 Å². The predicted molar refractivity (Wildman–Crippen MR) is 130 cm³/mol. The van der Waals surface area contributed by atoms with Crippen LogP contribution in [0, 0.1) is 0 Å². The molecule has 3 saturated heterocycles. The van der Waals surface area contributed by atoms with Crippen LogP contribution in [-0.2, 0) is 33.1 Å². The number of cyclic esters (lactones) is 1. The van der Waals surface area contributed by atoms with Gasteiger partial charge in [0, 0.05) is 0 Å². The monoisotopic (exact) mass is 573 g/mol. The largest absolute Gasteiger partial charge is 0.495 e. The van der Waals surface area contributed by atoms with Gasteiger partial charge in [-0.25, -0.2) is 9.18 Å². The number of amides is 1. The molecule has 216 valence electrons. The van der Waals surface area contributed by atoms with Crippen LogP contribution in [0.2, 0.25) is 0 Å². The third kappa shape index (κ3) is 4.84. The lowest BCUT2D eigenvalue weighted by molar-refractivity contribution is -0.138. The van der Waals surface area contributed by atoms with Crippen LogP contribution in [0.1, 0.15) is 80.5 Å². The highest BCUT2D eigenvalue weighted by atomic mass is 19.4. The van der Waals surface area contributed by atoms with E-state index in [1.54, 1.807) is 27.7 Å². The van der Waals surface area contributed by atoms with Crippen molar-refractivity contribution in [2.24, 2.45) is 0 Å². The summed E-state index contributed by atoms with van der Waals surface area (Å²) in [6.45, 7) is 6.03. The van der Waals surface area contributed by atoms with Gasteiger partial charge in [0.1, 0.15) is 12.8 Å². The van der Waals surface area contributed by atoms with Crippen LogP contribution in [0.3, 0.4) is 0 Å². The van der Waals surface area contributed by atoms with E-state index in [-0.39, 0.29) is 29.5 Å². The molecule has 3 aliphatic rings. The van der Waals surface area contributed by atoms with Crippen LogP contribution in [-0.4, -0.2) is 35.4 Å². The van der Waals surface area contributed by atoms with Crippen molar-refractivity contribution in [3.05, 3.63) is 64.2 Å². The molecule has 0 aromatic heterocycles. The van der Waals surface area contributed by atoms with E-state index in [1.165, 1.54) is 17.0 Å². The summed E-state index contributed by atoms with van der Waals surface area (Å²) in [4.78, 5) is 14.4. The van der Waals surface area contributed by atoms with Crippen molar-refractivity contribution in [3.63, 3.8) is 0 Å². The molecule has 0 N–H and O–H groups in total. The second kappa shape index (κ2) is 9.37. The Kier molecular flexibility index (Phi) is 6.73. The lowest BCUT2D eigenvalue weighted by atomic mass is 9.73. The average molecular weight is 573 g/mol. The fourth-order valence-electron chi connectivity index (χ4n) is 5.59. The molecule has 3 atom stereocenters. The molecular weight excluding hydrogens is 546 g/mol. The van der Waals surface area contributed by atoms with Gasteiger partial charge in [-0.05, 0) is 87.0 Å². The summed E-state index contributed by atoms with van der Waals surface area (Å²) < 4.78 is 113. The van der Waals surface area contributed by atoms with Gasteiger partial charge < -0.3 is 14.0 Å². The number of alkyl halides is 7. The molecule has 1 amide bonds. The van der Waals surface area contributed by atoms with Gasteiger partial charge >= 0.3 is 25.6 Å². The number of hydrogen-bond donors (Lipinski definition) is 0. The van der Waals surface area contributed by atoms with Crippen molar-refractivity contribution < 1.29 is 49.6 Å². The van der Waals surface area contributed by atoms with Crippen molar-refractivity contribution in [2.45, 2.75) is 89.0 Å². The maximum Gasteiger partial charge on any atom is 0.495 e. The summed E-state index contributed by atoms with van der Waals surface area (Å²) in [5.41, 5.74) is -3.37. The first-order valence-electron chi connectivity index (χ1n) is 12.8. The Morgan fingerprint density at radius 2 is 1.52 bits per heavy atom. The Morgan fingerprint density at radius 1 is 0.900 bits per heavy atom. The van der Waals surface area contributed by atoms with E-state index in [2.05, 4.69) is 0 Å². The molecule has 3 fully saturated rings. The second-order valence-corrected chi connectivity index (χ2v) is 11.4. The van der Waals surface area contributed by atoms with Crippen LogP contribution < -0.4 is 5.46 Å². The third-order valence-electron chi connectivity index (χ3n) is 8.32. The summed E-state index contributed by atoms with van der Waals surface area (Å²) in [5, 5.41) is 0. The lowest BCUT2D eigenvalue weighted by Gasteiger charge is -2.32. The normalized spacial score (nSPS) is 25.9. The minimum absolute atomic E-state index is 0.0285. The molecule has 0 spiro atoms. The highest BCUT2D eigenvalue weighted by Crippen LogP contribution is 2.49. The molecular formula is C27H27BF7NO4. The Labute approximate surface area is 226 Å². The van der Waals surface area contributed by atoms with E-state index in [4.69, 9.17) is 14.0 Å². The van der Waals surface area contributed by atoms with E-state index >= 15 is 0 Å². The maximum absolute atomic E-state index is 13.8. The summed E-state index contributed by atoms with van der Waals surface area (Å²) in [6, 6.07) is 4.21. The number of rotatable bonds is 4. The molecule has 2 aromatic carbocycles. The third-order valence-corrected chi connectivity index (χ3v) is 8.32. The predicted octanol–water partition coefficient (Wildman–Crippen LogP) is 6.89. The zero-order valence-electron chi connectivity index (χ0n) is 22.1. The summed E-state index contributed by atoms with van der Waals surface area (Å²) in [7, 11) is -1.02. The standard InChI is InChI=1S/C27H27BF7NO4/c1-24(2)25(3,4)40-28(39-24)19-6-5-16(26(30,31)32)12-18(19)20-7-8-21-22(38-23(37)36(20)21)15-9-14(13-29)10-17(11-15)27(33,34)35/h5-6,9-12,20-22H,7-8,13H2,1-4H3/t20-,21-,22+/m0/s1. The van der Waals surface area contributed by atoms with Crippen molar-refractivity contribution in [3.8, 4) is 0 Å². The van der Waals surface area contributed by atoms with Gasteiger partial charge in [-0.15, -0.1) is 0 Å². The fraction of sp³-hybridized carbons (Fsp3) is 0.519. The average Bonchev–Trinajstić information content (AvgIpc) is 3.48. The van der Waals surface area contributed by atoms with Gasteiger partial charge in [-0.3, -0.25) is 4.90 Å². The van der Waals surface area contributed by atoms with Gasteiger partial charge in [0.2, 0.25) is 0 Å². The fourth-order valence-corrected chi connectivity index (χ4v) is 5.59. The van der Waals surface area contributed by atoms with Crippen LogP contribution in [0.4, 0.5) is 35.5 Å². The Balaban J connectivity index is 1.54. The van der Waals surface area contributed by atoms with Crippen LogP contribution in [0.5, 0.6) is 0 Å². The van der Waals surface area contributed by atoms with Crippen LogP contribution >= 0.6 is 0 Å². The zero-order chi connectivity index (χ0) is 29.4. The Morgan fingerprint density at radius 3 is 2.10 bits per heavy atom. The minimum atomic E-state index is -4.75. The zero-order valence-corrected chi connectivity index (χ0v) is 22.1. The molecule has 0 bridgehead atoms. The number of fused-ring (bicyclic) bond motifs is 1. The van der Waals surface area contributed by atoms with Gasteiger partial charge in [0.25, 0.3) is 0 Å². The number of hydrogen-bond acceptors (Lipinski definition) is 4.